The van der Waals surface area contributed by atoms with Crippen LogP contribution in [0.1, 0.15) is 15.9 Å². The molecule has 0 saturated carbocycles. The number of anilines is 1. The van der Waals surface area contributed by atoms with Gasteiger partial charge in [0.25, 0.3) is 5.91 Å². The van der Waals surface area contributed by atoms with Gasteiger partial charge in [0.05, 0.1) is 18.9 Å². The fourth-order valence-corrected chi connectivity index (χ4v) is 3.53. The molecule has 0 aliphatic rings. The van der Waals surface area contributed by atoms with Crippen LogP contribution in [0.3, 0.4) is 0 Å². The highest BCUT2D eigenvalue weighted by Crippen LogP contribution is 2.31. The van der Waals surface area contributed by atoms with Crippen LogP contribution in [-0.4, -0.2) is 54.2 Å². The Bertz CT molecular complexity index is 1250. The van der Waals surface area contributed by atoms with E-state index in [0.717, 1.165) is 23.1 Å². The number of halogens is 1. The third-order valence-corrected chi connectivity index (χ3v) is 5.18. The number of carbonyl (C=O) groups excluding carboxylic acids is 1. The SMILES string of the molecule is CN(C)C.COc1cc(C(=O)Nc2nnc(-c3ccncc3F)s2)ccc1OCc1ccccc1. The van der Waals surface area contributed by atoms with Crippen molar-refractivity contribution in [3.63, 3.8) is 0 Å². The lowest BCUT2D eigenvalue weighted by Crippen LogP contribution is -2.12. The molecule has 1 amide bonds. The summed E-state index contributed by atoms with van der Waals surface area (Å²) in [6.07, 6.45) is 2.56. The van der Waals surface area contributed by atoms with Crippen LogP contribution in [0.25, 0.3) is 10.6 Å². The molecule has 10 heteroatoms. The highest BCUT2D eigenvalue weighted by molar-refractivity contribution is 7.18. The van der Waals surface area contributed by atoms with Crippen molar-refractivity contribution in [2.24, 2.45) is 0 Å². The Kier molecular flexibility index (Phi) is 9.22. The van der Waals surface area contributed by atoms with Crippen LogP contribution in [0.4, 0.5) is 9.52 Å². The average molecular weight is 496 g/mol. The minimum Gasteiger partial charge on any atom is -0.493 e. The van der Waals surface area contributed by atoms with Gasteiger partial charge < -0.3 is 14.4 Å². The number of pyridine rings is 1. The third-order valence-electron chi connectivity index (χ3n) is 4.31. The number of nitrogens with zero attached hydrogens (tertiary/aromatic N) is 4. The Morgan fingerprint density at radius 3 is 2.49 bits per heavy atom. The Balaban J connectivity index is 0.000000795. The smallest absolute Gasteiger partial charge is 0.257 e. The van der Waals surface area contributed by atoms with Crippen molar-refractivity contribution in [2.45, 2.75) is 6.61 Å². The van der Waals surface area contributed by atoms with Gasteiger partial charge in [0, 0.05) is 11.8 Å². The van der Waals surface area contributed by atoms with E-state index in [0.29, 0.717) is 28.7 Å². The van der Waals surface area contributed by atoms with E-state index in [9.17, 15) is 9.18 Å². The zero-order valence-corrected chi connectivity index (χ0v) is 20.7. The van der Waals surface area contributed by atoms with Gasteiger partial charge in [-0.15, -0.1) is 10.2 Å². The number of benzene rings is 2. The normalized spacial score (nSPS) is 10.3. The predicted molar refractivity (Wildman–Crippen MR) is 134 cm³/mol. The summed E-state index contributed by atoms with van der Waals surface area (Å²) in [4.78, 5) is 18.3. The molecule has 0 fully saturated rings. The molecule has 0 bridgehead atoms. The van der Waals surface area contributed by atoms with E-state index in [1.54, 1.807) is 18.2 Å². The van der Waals surface area contributed by atoms with Crippen molar-refractivity contribution < 1.29 is 18.7 Å². The van der Waals surface area contributed by atoms with E-state index >= 15 is 0 Å². The summed E-state index contributed by atoms with van der Waals surface area (Å²) in [6, 6.07) is 16.1. The fraction of sp³-hybridized carbons (Fsp3) is 0.200. The maximum Gasteiger partial charge on any atom is 0.257 e. The first-order chi connectivity index (χ1) is 16.9. The summed E-state index contributed by atoms with van der Waals surface area (Å²) >= 11 is 1.06. The number of ether oxygens (including phenoxy) is 2. The van der Waals surface area contributed by atoms with Crippen LogP contribution in [0.15, 0.2) is 67.0 Å². The second kappa shape index (κ2) is 12.5. The van der Waals surface area contributed by atoms with Crippen LogP contribution in [0, 0.1) is 5.82 Å². The van der Waals surface area contributed by atoms with Gasteiger partial charge in [0.2, 0.25) is 5.13 Å². The van der Waals surface area contributed by atoms with Gasteiger partial charge in [-0.05, 0) is 51.0 Å². The molecule has 182 valence electrons. The van der Waals surface area contributed by atoms with Crippen LogP contribution in [0.2, 0.25) is 0 Å². The second-order valence-corrected chi connectivity index (χ2v) is 8.68. The number of amides is 1. The van der Waals surface area contributed by atoms with Crippen molar-refractivity contribution in [1.82, 2.24) is 20.1 Å². The second-order valence-electron chi connectivity index (χ2n) is 7.70. The lowest BCUT2D eigenvalue weighted by Gasteiger charge is -2.12. The molecule has 0 unspecified atom stereocenters. The summed E-state index contributed by atoms with van der Waals surface area (Å²) in [5.41, 5.74) is 1.65. The summed E-state index contributed by atoms with van der Waals surface area (Å²) in [5.74, 6) is 0.0489. The Hall–Kier alpha value is -3.89. The van der Waals surface area contributed by atoms with Gasteiger partial charge in [-0.2, -0.15) is 0 Å². The van der Waals surface area contributed by atoms with Gasteiger partial charge in [-0.1, -0.05) is 41.7 Å². The molecule has 0 aliphatic heterocycles. The van der Waals surface area contributed by atoms with Crippen LogP contribution >= 0.6 is 11.3 Å². The molecular weight excluding hydrogens is 469 g/mol. The zero-order valence-electron chi connectivity index (χ0n) is 19.9. The first-order valence-corrected chi connectivity index (χ1v) is 11.4. The van der Waals surface area contributed by atoms with Gasteiger partial charge in [-0.3, -0.25) is 15.1 Å². The molecule has 4 aromatic rings. The number of hydrogen-bond acceptors (Lipinski definition) is 8. The van der Waals surface area contributed by atoms with Crippen LogP contribution in [-0.2, 0) is 6.61 Å². The third kappa shape index (κ3) is 7.56. The summed E-state index contributed by atoms with van der Waals surface area (Å²) in [7, 11) is 7.51. The molecule has 4 rings (SSSR count). The van der Waals surface area contributed by atoms with E-state index in [-0.39, 0.29) is 10.7 Å². The van der Waals surface area contributed by atoms with Crippen molar-refractivity contribution in [1.29, 1.82) is 0 Å². The molecule has 0 radical (unpaired) electrons. The lowest BCUT2D eigenvalue weighted by atomic mass is 10.2. The minimum atomic E-state index is -0.507. The molecule has 0 spiro atoms. The van der Waals surface area contributed by atoms with Crippen molar-refractivity contribution >= 4 is 22.4 Å². The molecule has 0 saturated heterocycles. The standard InChI is InChI=1S/C22H17FN4O3S.C3H9N/c1-29-19-11-15(7-8-18(19)30-13-14-5-3-2-4-6-14)20(28)25-22-27-26-21(31-22)16-9-10-24-12-17(16)23;1-4(2)3/h2-12H,13H2,1H3,(H,25,27,28);1-3H3. The number of hydrogen-bond donors (Lipinski definition) is 1. The van der Waals surface area contributed by atoms with E-state index in [1.165, 1.54) is 19.4 Å². The summed E-state index contributed by atoms with van der Waals surface area (Å²) in [6.45, 7) is 0.377. The van der Waals surface area contributed by atoms with Crippen LogP contribution in [0.5, 0.6) is 11.5 Å². The van der Waals surface area contributed by atoms with Crippen molar-refractivity contribution in [3.8, 4) is 22.1 Å². The monoisotopic (exact) mass is 495 g/mol. The molecule has 35 heavy (non-hydrogen) atoms. The molecule has 2 aromatic carbocycles. The highest BCUT2D eigenvalue weighted by atomic mass is 32.1. The molecule has 1 N–H and O–H groups in total. The largest absolute Gasteiger partial charge is 0.493 e. The molecule has 0 aliphatic carbocycles. The highest BCUT2D eigenvalue weighted by Gasteiger charge is 2.16. The van der Waals surface area contributed by atoms with E-state index in [2.05, 4.69) is 20.5 Å². The Morgan fingerprint density at radius 2 is 1.80 bits per heavy atom. The van der Waals surface area contributed by atoms with Gasteiger partial charge in [0.1, 0.15) is 6.61 Å². The maximum absolute atomic E-state index is 13.9. The molecule has 8 nitrogen and oxygen atoms in total. The van der Waals surface area contributed by atoms with E-state index < -0.39 is 11.7 Å². The summed E-state index contributed by atoms with van der Waals surface area (Å²) < 4.78 is 25.1. The first-order valence-electron chi connectivity index (χ1n) is 10.6. The zero-order chi connectivity index (χ0) is 25.2. The molecule has 2 heterocycles. The first kappa shape index (κ1) is 25.7. The van der Waals surface area contributed by atoms with Crippen molar-refractivity contribution in [2.75, 3.05) is 33.6 Å². The quantitative estimate of drug-likeness (QED) is 0.395. The average Bonchev–Trinajstić information content (AvgIpc) is 3.31. The molecule has 0 atom stereocenters. The number of rotatable bonds is 7. The number of aromatic nitrogens is 3. The van der Waals surface area contributed by atoms with Crippen LogP contribution < -0.4 is 14.8 Å². The number of carbonyl (C=O) groups is 1. The topological polar surface area (TPSA) is 89.5 Å². The Labute approximate surface area is 207 Å². The van der Waals surface area contributed by atoms with E-state index in [1.807, 2.05) is 56.4 Å². The minimum absolute atomic E-state index is 0.250. The maximum atomic E-state index is 13.9. The predicted octanol–water partition coefficient (Wildman–Crippen LogP) is 4.76. The fourth-order valence-electron chi connectivity index (χ4n) is 2.76. The van der Waals surface area contributed by atoms with Gasteiger partial charge >= 0.3 is 0 Å². The Morgan fingerprint density at radius 1 is 1.06 bits per heavy atom. The lowest BCUT2D eigenvalue weighted by molar-refractivity contribution is 0.102. The number of nitrogens with one attached hydrogen (secondary N) is 1. The number of methoxy groups -OCH3 is 1. The molecular formula is C25H26FN5O3S. The van der Waals surface area contributed by atoms with E-state index in [4.69, 9.17) is 9.47 Å². The van der Waals surface area contributed by atoms with Crippen molar-refractivity contribution in [3.05, 3.63) is 83.9 Å². The van der Waals surface area contributed by atoms with Gasteiger partial charge in [-0.25, -0.2) is 4.39 Å². The summed E-state index contributed by atoms with van der Waals surface area (Å²) in [5, 5.41) is 11.1. The molecule has 2 aromatic heterocycles. The van der Waals surface area contributed by atoms with Gasteiger partial charge in [0.15, 0.2) is 22.3 Å².